The highest BCUT2D eigenvalue weighted by Crippen LogP contribution is 2.67. The normalized spacial score (nSPS) is 35.8. The molecular formula is C34H49NO4S. The van der Waals surface area contributed by atoms with Gasteiger partial charge in [0.1, 0.15) is 5.75 Å². The third kappa shape index (κ3) is 5.76. The fraction of sp³-hybridized carbons (Fsp3) is 0.735. The smallest absolute Gasteiger partial charge is 0.372 e. The van der Waals surface area contributed by atoms with Gasteiger partial charge in [0.05, 0.1) is 4.92 Å². The van der Waals surface area contributed by atoms with Crippen LogP contribution in [0.2, 0.25) is 0 Å². The minimum absolute atomic E-state index is 0.00569. The lowest BCUT2D eigenvalue weighted by atomic mass is 9.47. The first kappa shape index (κ1) is 29.7. The Morgan fingerprint density at radius 3 is 2.50 bits per heavy atom. The highest BCUT2D eigenvalue weighted by Gasteiger charge is 2.59. The van der Waals surface area contributed by atoms with E-state index in [9.17, 15) is 14.9 Å². The first-order chi connectivity index (χ1) is 19.0. The molecule has 0 bridgehead atoms. The van der Waals surface area contributed by atoms with Crippen LogP contribution >= 0.6 is 11.8 Å². The van der Waals surface area contributed by atoms with Gasteiger partial charge in [-0.2, -0.15) is 0 Å². The summed E-state index contributed by atoms with van der Waals surface area (Å²) in [6, 6.07) is 5.74. The predicted octanol–water partition coefficient (Wildman–Crippen LogP) is 10.2. The van der Waals surface area contributed by atoms with Gasteiger partial charge in [-0.1, -0.05) is 65.5 Å². The number of non-ortho nitro benzene ring substituents is 1. The standard InChI is InChI=1S/C34H49NO4S/c1-22(2)7-6-8-23(3)29-15-16-30-28-14-9-24-21-27(17-19-33(24,4)31(28)18-20-34(29,30)5)40-32(36)39-26-12-10-25(11-13-26)35(37)38/h9-13,22-23,27-31H,6-8,14-21H2,1-5H3/t23-,27+,28-,29+,30-,31-,33+,34-/m1/s1. The van der Waals surface area contributed by atoms with Crippen molar-refractivity contribution in [1.29, 1.82) is 0 Å². The molecule has 6 heteroatoms. The number of ether oxygens (including phenoxy) is 1. The predicted molar refractivity (Wildman–Crippen MR) is 164 cm³/mol. The van der Waals surface area contributed by atoms with Crippen molar-refractivity contribution in [2.75, 3.05) is 0 Å². The molecule has 220 valence electrons. The lowest BCUT2D eigenvalue weighted by Gasteiger charge is -2.58. The van der Waals surface area contributed by atoms with Gasteiger partial charge in [-0.15, -0.1) is 0 Å². The monoisotopic (exact) mass is 567 g/mol. The molecule has 1 aromatic carbocycles. The van der Waals surface area contributed by atoms with Crippen LogP contribution in [0.4, 0.5) is 10.5 Å². The number of carbonyl (C=O) groups is 1. The van der Waals surface area contributed by atoms with E-state index in [-0.39, 0.29) is 21.7 Å². The fourth-order valence-corrected chi connectivity index (χ4v) is 10.6. The lowest BCUT2D eigenvalue weighted by molar-refractivity contribution is -0.384. The highest BCUT2D eigenvalue weighted by molar-refractivity contribution is 8.13. The first-order valence-corrected chi connectivity index (χ1v) is 16.7. The van der Waals surface area contributed by atoms with Crippen LogP contribution in [0, 0.1) is 56.5 Å². The molecule has 0 aliphatic heterocycles. The summed E-state index contributed by atoms with van der Waals surface area (Å²) in [6.45, 7) is 12.5. The number of hydrogen-bond acceptors (Lipinski definition) is 5. The van der Waals surface area contributed by atoms with Crippen LogP contribution in [0.5, 0.6) is 5.75 Å². The second-order valence-corrected chi connectivity index (χ2v) is 15.6. The fourth-order valence-electron chi connectivity index (χ4n) is 9.64. The Labute approximate surface area is 245 Å². The maximum atomic E-state index is 12.7. The molecule has 3 fully saturated rings. The maximum Gasteiger partial charge on any atom is 0.372 e. The topological polar surface area (TPSA) is 69.4 Å². The molecule has 0 saturated heterocycles. The number of fused-ring (bicyclic) bond motifs is 5. The van der Waals surface area contributed by atoms with Crippen molar-refractivity contribution < 1.29 is 14.5 Å². The molecule has 4 aliphatic rings. The number of nitro benzene ring substituents is 1. The van der Waals surface area contributed by atoms with Crippen LogP contribution in [-0.2, 0) is 0 Å². The van der Waals surface area contributed by atoms with Gasteiger partial charge in [0.2, 0.25) is 0 Å². The van der Waals surface area contributed by atoms with E-state index in [2.05, 4.69) is 40.7 Å². The number of nitrogens with zero attached hydrogens (tertiary/aromatic N) is 1. The third-order valence-corrected chi connectivity index (χ3v) is 12.8. The summed E-state index contributed by atoms with van der Waals surface area (Å²) in [6.07, 6.45) is 16.7. The summed E-state index contributed by atoms with van der Waals surface area (Å²) >= 11 is 1.30. The second kappa shape index (κ2) is 11.8. The van der Waals surface area contributed by atoms with Crippen molar-refractivity contribution in [3.63, 3.8) is 0 Å². The van der Waals surface area contributed by atoms with Gasteiger partial charge in [0.25, 0.3) is 5.69 Å². The molecule has 0 spiro atoms. The SMILES string of the molecule is CC(C)CCC[C@@H](C)[C@@H]1CC[C@@H]2[C@H]3CC=C4C[C@@H](SC(=O)Oc5ccc([N+](=O)[O-])cc5)CC[C@]4(C)[C@@H]3CC[C@@]21C. The number of benzene rings is 1. The van der Waals surface area contributed by atoms with Crippen molar-refractivity contribution in [2.45, 2.75) is 110 Å². The van der Waals surface area contributed by atoms with Gasteiger partial charge >= 0.3 is 5.30 Å². The molecule has 8 atom stereocenters. The molecule has 0 amide bonds. The van der Waals surface area contributed by atoms with E-state index in [1.54, 1.807) is 5.57 Å². The van der Waals surface area contributed by atoms with Crippen LogP contribution < -0.4 is 4.74 Å². The Hall–Kier alpha value is -1.82. The quantitative estimate of drug-likeness (QED) is 0.135. The van der Waals surface area contributed by atoms with Crippen LogP contribution in [0.1, 0.15) is 105 Å². The second-order valence-electron chi connectivity index (χ2n) is 14.4. The molecule has 5 rings (SSSR count). The van der Waals surface area contributed by atoms with Crippen LogP contribution in [0.25, 0.3) is 0 Å². The molecule has 4 aliphatic carbocycles. The number of hydrogen-bond donors (Lipinski definition) is 0. The average molecular weight is 568 g/mol. The lowest BCUT2D eigenvalue weighted by Crippen LogP contribution is -2.50. The van der Waals surface area contributed by atoms with Crippen LogP contribution in [0.15, 0.2) is 35.9 Å². The minimum atomic E-state index is -0.449. The third-order valence-electron chi connectivity index (χ3n) is 11.8. The zero-order chi connectivity index (χ0) is 28.7. The zero-order valence-corrected chi connectivity index (χ0v) is 26.0. The summed E-state index contributed by atoms with van der Waals surface area (Å²) < 4.78 is 5.50. The Morgan fingerprint density at radius 1 is 1.05 bits per heavy atom. The molecule has 0 radical (unpaired) electrons. The van der Waals surface area contributed by atoms with E-state index in [0.717, 1.165) is 54.8 Å². The Balaban J connectivity index is 1.20. The van der Waals surface area contributed by atoms with E-state index < -0.39 is 4.92 Å². The number of carbonyl (C=O) groups excluding carboxylic acids is 1. The summed E-state index contributed by atoms with van der Waals surface area (Å²) in [5.74, 6) is 5.36. The summed E-state index contributed by atoms with van der Waals surface area (Å²) in [5.41, 5.74) is 2.36. The molecule has 40 heavy (non-hydrogen) atoms. The Kier molecular flexibility index (Phi) is 8.76. The molecule has 3 saturated carbocycles. The van der Waals surface area contributed by atoms with Gasteiger partial charge in [-0.3, -0.25) is 10.1 Å². The van der Waals surface area contributed by atoms with Gasteiger partial charge in [0.15, 0.2) is 0 Å². The number of allylic oxidation sites excluding steroid dienone is 2. The summed E-state index contributed by atoms with van der Waals surface area (Å²) in [5, 5.41) is 10.8. The summed E-state index contributed by atoms with van der Waals surface area (Å²) in [4.78, 5) is 23.1. The molecule has 1 aromatic rings. The molecule has 0 aromatic heterocycles. The van der Waals surface area contributed by atoms with Crippen LogP contribution in [-0.4, -0.2) is 15.5 Å². The molecule has 0 unspecified atom stereocenters. The van der Waals surface area contributed by atoms with E-state index in [1.165, 1.54) is 87.4 Å². The molecular weight excluding hydrogens is 518 g/mol. The van der Waals surface area contributed by atoms with Crippen molar-refractivity contribution in [1.82, 2.24) is 0 Å². The van der Waals surface area contributed by atoms with Gasteiger partial charge in [-0.25, -0.2) is 4.79 Å². The first-order valence-electron chi connectivity index (χ1n) is 15.8. The van der Waals surface area contributed by atoms with Crippen molar-refractivity contribution in [2.24, 2.45) is 46.3 Å². The largest absolute Gasteiger partial charge is 0.418 e. The Morgan fingerprint density at radius 2 is 1.80 bits per heavy atom. The molecule has 5 nitrogen and oxygen atoms in total. The van der Waals surface area contributed by atoms with Gasteiger partial charge in [-0.05, 0) is 122 Å². The molecule has 0 N–H and O–H groups in total. The molecule has 0 heterocycles. The van der Waals surface area contributed by atoms with Crippen LogP contribution in [0.3, 0.4) is 0 Å². The van der Waals surface area contributed by atoms with Gasteiger partial charge < -0.3 is 4.74 Å². The van der Waals surface area contributed by atoms with E-state index in [4.69, 9.17) is 4.74 Å². The zero-order valence-electron chi connectivity index (χ0n) is 25.2. The van der Waals surface area contributed by atoms with Crippen molar-refractivity contribution >= 4 is 22.8 Å². The number of thioether (sulfide) groups is 1. The minimum Gasteiger partial charge on any atom is -0.418 e. The summed E-state index contributed by atoms with van der Waals surface area (Å²) in [7, 11) is 0. The number of rotatable bonds is 8. The van der Waals surface area contributed by atoms with Crippen molar-refractivity contribution in [3.8, 4) is 5.75 Å². The van der Waals surface area contributed by atoms with E-state index >= 15 is 0 Å². The average Bonchev–Trinajstić information content (AvgIpc) is 3.26. The number of nitro groups is 1. The van der Waals surface area contributed by atoms with Gasteiger partial charge in [0, 0.05) is 17.4 Å². The van der Waals surface area contributed by atoms with E-state index in [0.29, 0.717) is 11.2 Å². The Bertz CT molecular complexity index is 1120. The van der Waals surface area contributed by atoms with Crippen molar-refractivity contribution in [3.05, 3.63) is 46.0 Å². The highest BCUT2D eigenvalue weighted by atomic mass is 32.2. The maximum absolute atomic E-state index is 12.7. The van der Waals surface area contributed by atoms with E-state index in [1.807, 2.05) is 0 Å².